The summed E-state index contributed by atoms with van der Waals surface area (Å²) < 4.78 is 5.94. The van der Waals surface area contributed by atoms with Crippen LogP contribution in [-0.2, 0) is 13.2 Å². The molecule has 0 aliphatic carbocycles. The molecule has 24 heavy (non-hydrogen) atoms. The second kappa shape index (κ2) is 11.8. The van der Waals surface area contributed by atoms with Crippen LogP contribution in [0, 0.1) is 0 Å². The van der Waals surface area contributed by atoms with E-state index in [-0.39, 0.29) is 24.8 Å². The molecule has 0 saturated heterocycles. The van der Waals surface area contributed by atoms with Gasteiger partial charge in [-0.25, -0.2) is 0 Å². The standard InChI is InChI=1S/C17H20Cl2N2O.2ClH/c1-21(9-8-20)11-14-4-2-3-5-17(14)22-12-13-6-7-15(18)16(19)10-13;;/h2-7,10H,8-9,11-12,20H2,1H3;2*1H. The van der Waals surface area contributed by atoms with Gasteiger partial charge in [0.2, 0.25) is 0 Å². The van der Waals surface area contributed by atoms with E-state index in [1.807, 2.05) is 37.4 Å². The molecule has 134 valence electrons. The van der Waals surface area contributed by atoms with Crippen LogP contribution in [0.5, 0.6) is 5.75 Å². The fraction of sp³-hybridized carbons (Fsp3) is 0.294. The average molecular weight is 412 g/mol. The van der Waals surface area contributed by atoms with Gasteiger partial charge in [-0.2, -0.15) is 0 Å². The quantitative estimate of drug-likeness (QED) is 0.710. The molecule has 0 aliphatic heterocycles. The van der Waals surface area contributed by atoms with Crippen LogP contribution in [0.4, 0.5) is 0 Å². The number of hydrogen-bond acceptors (Lipinski definition) is 3. The number of likely N-dealkylation sites (N-methyl/N-ethyl adjacent to an activating group) is 1. The Labute approximate surface area is 165 Å². The van der Waals surface area contributed by atoms with Crippen LogP contribution in [0.25, 0.3) is 0 Å². The molecule has 0 radical (unpaired) electrons. The number of rotatable bonds is 7. The summed E-state index contributed by atoms with van der Waals surface area (Å²) in [4.78, 5) is 2.17. The minimum absolute atomic E-state index is 0. The fourth-order valence-corrected chi connectivity index (χ4v) is 2.48. The summed E-state index contributed by atoms with van der Waals surface area (Å²) in [5.41, 5.74) is 7.71. The molecule has 7 heteroatoms. The van der Waals surface area contributed by atoms with E-state index in [0.29, 0.717) is 23.2 Å². The highest BCUT2D eigenvalue weighted by molar-refractivity contribution is 6.42. The lowest BCUT2D eigenvalue weighted by Crippen LogP contribution is -2.25. The van der Waals surface area contributed by atoms with Crippen LogP contribution >= 0.6 is 48.0 Å². The van der Waals surface area contributed by atoms with Crippen molar-refractivity contribution in [2.24, 2.45) is 5.73 Å². The van der Waals surface area contributed by atoms with E-state index in [2.05, 4.69) is 11.0 Å². The van der Waals surface area contributed by atoms with Gasteiger partial charge in [0.15, 0.2) is 0 Å². The largest absolute Gasteiger partial charge is 0.489 e. The van der Waals surface area contributed by atoms with E-state index in [1.165, 1.54) is 0 Å². The van der Waals surface area contributed by atoms with Crippen LogP contribution < -0.4 is 10.5 Å². The van der Waals surface area contributed by atoms with E-state index in [1.54, 1.807) is 6.07 Å². The Balaban J connectivity index is 0.00000264. The van der Waals surface area contributed by atoms with E-state index in [4.69, 9.17) is 33.7 Å². The lowest BCUT2D eigenvalue weighted by Gasteiger charge is -2.18. The molecule has 0 aromatic heterocycles. The summed E-state index contributed by atoms with van der Waals surface area (Å²) in [6.07, 6.45) is 0. The number of ether oxygens (including phenoxy) is 1. The Morgan fingerprint density at radius 2 is 1.75 bits per heavy atom. The van der Waals surface area contributed by atoms with Gasteiger partial charge in [0, 0.05) is 25.2 Å². The number of nitrogens with zero attached hydrogens (tertiary/aromatic N) is 1. The molecule has 0 spiro atoms. The van der Waals surface area contributed by atoms with Crippen molar-refractivity contribution in [2.75, 3.05) is 20.1 Å². The molecule has 0 fully saturated rings. The van der Waals surface area contributed by atoms with Crippen LogP contribution in [0.15, 0.2) is 42.5 Å². The van der Waals surface area contributed by atoms with Gasteiger partial charge in [0.25, 0.3) is 0 Å². The van der Waals surface area contributed by atoms with Crippen LogP contribution in [0.3, 0.4) is 0 Å². The Morgan fingerprint density at radius 1 is 1.04 bits per heavy atom. The lowest BCUT2D eigenvalue weighted by atomic mass is 10.2. The molecule has 2 aromatic rings. The normalized spacial score (nSPS) is 10.0. The molecule has 0 saturated carbocycles. The third kappa shape index (κ3) is 7.06. The summed E-state index contributed by atoms with van der Waals surface area (Å²) in [7, 11) is 2.04. The van der Waals surface area contributed by atoms with E-state index in [0.717, 1.165) is 30.0 Å². The Kier molecular flexibility index (Phi) is 11.5. The van der Waals surface area contributed by atoms with Gasteiger partial charge in [-0.05, 0) is 30.8 Å². The van der Waals surface area contributed by atoms with Crippen molar-refractivity contribution in [1.29, 1.82) is 0 Å². The maximum atomic E-state index is 6.02. The van der Waals surface area contributed by atoms with Gasteiger partial charge in [0.05, 0.1) is 10.0 Å². The van der Waals surface area contributed by atoms with Crippen molar-refractivity contribution in [3.8, 4) is 5.75 Å². The first kappa shape index (κ1) is 23.3. The van der Waals surface area contributed by atoms with E-state index < -0.39 is 0 Å². The zero-order valence-corrected chi connectivity index (χ0v) is 16.5. The lowest BCUT2D eigenvalue weighted by molar-refractivity contribution is 0.287. The molecule has 3 nitrogen and oxygen atoms in total. The summed E-state index contributed by atoms with van der Waals surface area (Å²) in [6, 6.07) is 13.5. The Morgan fingerprint density at radius 3 is 2.42 bits per heavy atom. The molecule has 0 heterocycles. The average Bonchev–Trinajstić information content (AvgIpc) is 2.50. The molecular formula is C17H22Cl4N2O. The highest BCUT2D eigenvalue weighted by atomic mass is 35.5. The maximum Gasteiger partial charge on any atom is 0.124 e. The van der Waals surface area contributed by atoms with Crippen LogP contribution in [0.2, 0.25) is 10.0 Å². The zero-order valence-electron chi connectivity index (χ0n) is 13.4. The van der Waals surface area contributed by atoms with Crippen molar-refractivity contribution < 1.29 is 4.74 Å². The van der Waals surface area contributed by atoms with Gasteiger partial charge in [-0.3, -0.25) is 0 Å². The second-order valence-corrected chi connectivity index (χ2v) is 5.99. The van der Waals surface area contributed by atoms with Crippen LogP contribution in [-0.4, -0.2) is 25.0 Å². The smallest absolute Gasteiger partial charge is 0.124 e. The molecule has 2 rings (SSSR count). The first-order valence-electron chi connectivity index (χ1n) is 7.13. The number of benzene rings is 2. The van der Waals surface area contributed by atoms with Crippen molar-refractivity contribution >= 4 is 48.0 Å². The molecule has 2 N–H and O–H groups in total. The highest BCUT2D eigenvalue weighted by Crippen LogP contribution is 2.25. The summed E-state index contributed by atoms with van der Waals surface area (Å²) in [6.45, 7) is 2.74. The summed E-state index contributed by atoms with van der Waals surface area (Å²) >= 11 is 11.9. The summed E-state index contributed by atoms with van der Waals surface area (Å²) in [5.74, 6) is 0.873. The number of hydrogen-bond donors (Lipinski definition) is 1. The van der Waals surface area contributed by atoms with Crippen molar-refractivity contribution in [2.45, 2.75) is 13.2 Å². The first-order chi connectivity index (χ1) is 10.6. The number of nitrogens with two attached hydrogens (primary N) is 1. The van der Waals surface area contributed by atoms with Gasteiger partial charge in [0.1, 0.15) is 12.4 Å². The van der Waals surface area contributed by atoms with E-state index in [9.17, 15) is 0 Å². The zero-order chi connectivity index (χ0) is 15.9. The number of halogens is 4. The molecule has 0 atom stereocenters. The van der Waals surface area contributed by atoms with Gasteiger partial charge >= 0.3 is 0 Å². The first-order valence-corrected chi connectivity index (χ1v) is 7.89. The Hall–Kier alpha value is -0.680. The maximum absolute atomic E-state index is 6.02. The minimum Gasteiger partial charge on any atom is -0.489 e. The van der Waals surface area contributed by atoms with Crippen LogP contribution in [0.1, 0.15) is 11.1 Å². The molecule has 0 amide bonds. The van der Waals surface area contributed by atoms with E-state index >= 15 is 0 Å². The van der Waals surface area contributed by atoms with Gasteiger partial charge in [-0.1, -0.05) is 47.5 Å². The third-order valence-corrected chi connectivity index (χ3v) is 4.04. The third-order valence-electron chi connectivity index (χ3n) is 3.30. The van der Waals surface area contributed by atoms with Crippen molar-refractivity contribution in [3.05, 3.63) is 63.6 Å². The molecule has 0 aliphatic rings. The predicted molar refractivity (Wildman–Crippen MR) is 107 cm³/mol. The highest BCUT2D eigenvalue weighted by Gasteiger charge is 2.07. The van der Waals surface area contributed by atoms with Gasteiger partial charge in [-0.15, -0.1) is 24.8 Å². The Bertz CT molecular complexity index is 625. The topological polar surface area (TPSA) is 38.5 Å². The predicted octanol–water partition coefficient (Wildman–Crippen LogP) is 4.81. The second-order valence-electron chi connectivity index (χ2n) is 5.17. The van der Waals surface area contributed by atoms with Crippen molar-refractivity contribution in [1.82, 2.24) is 4.90 Å². The monoisotopic (exact) mass is 410 g/mol. The molecule has 2 aromatic carbocycles. The number of para-hydroxylation sites is 1. The molecule has 0 unspecified atom stereocenters. The van der Waals surface area contributed by atoms with Gasteiger partial charge < -0.3 is 15.4 Å². The SMILES string of the molecule is CN(CCN)Cc1ccccc1OCc1ccc(Cl)c(Cl)c1.Cl.Cl. The fourth-order valence-electron chi connectivity index (χ4n) is 2.16. The minimum atomic E-state index is 0. The molecule has 0 bridgehead atoms. The molecular weight excluding hydrogens is 390 g/mol. The summed E-state index contributed by atoms with van der Waals surface area (Å²) in [5, 5.41) is 1.09. The van der Waals surface area contributed by atoms with Crippen molar-refractivity contribution in [3.63, 3.8) is 0 Å².